The predicted octanol–water partition coefficient (Wildman–Crippen LogP) is 4.98. The molecule has 1 N–H and O–H groups in total. The highest BCUT2D eigenvalue weighted by Gasteiger charge is 2.33. The Morgan fingerprint density at radius 3 is 2.75 bits per heavy atom. The van der Waals surface area contributed by atoms with Gasteiger partial charge in [-0.25, -0.2) is 4.79 Å². The van der Waals surface area contributed by atoms with Crippen LogP contribution in [0.3, 0.4) is 0 Å². The minimum Gasteiger partial charge on any atom is -0.486 e. The molecule has 1 fully saturated rings. The van der Waals surface area contributed by atoms with E-state index in [2.05, 4.69) is 10.1 Å². The van der Waals surface area contributed by atoms with Crippen molar-refractivity contribution in [2.45, 2.75) is 50.8 Å². The number of aryl methyl sites for hydroxylation is 1. The molecule has 2 aliphatic heterocycles. The SMILES string of the molecule is O=C(NC1CCCc2cc(OC(F)F)ccc21)N1CCCC1c1ccc2c(c1)OCCO2. The Kier molecular flexibility index (Phi) is 5.76. The first kappa shape index (κ1) is 20.8. The summed E-state index contributed by atoms with van der Waals surface area (Å²) >= 11 is 0. The molecule has 0 spiro atoms. The molecule has 2 atom stereocenters. The number of nitrogens with zero attached hydrogens (tertiary/aromatic N) is 1. The number of carbonyl (C=O) groups is 1. The van der Waals surface area contributed by atoms with Gasteiger partial charge >= 0.3 is 12.6 Å². The summed E-state index contributed by atoms with van der Waals surface area (Å²) in [7, 11) is 0. The normalized spacial score (nSPS) is 21.9. The summed E-state index contributed by atoms with van der Waals surface area (Å²) in [6, 6.07) is 10.6. The van der Waals surface area contributed by atoms with Gasteiger partial charge in [-0.3, -0.25) is 0 Å². The molecule has 5 rings (SSSR count). The number of rotatable bonds is 4. The molecule has 2 amide bonds. The number of benzene rings is 2. The molecular weight excluding hydrogens is 418 g/mol. The van der Waals surface area contributed by atoms with Crippen molar-refractivity contribution in [1.29, 1.82) is 0 Å². The number of halogens is 2. The molecule has 2 unspecified atom stereocenters. The van der Waals surface area contributed by atoms with Gasteiger partial charge in [-0.1, -0.05) is 12.1 Å². The van der Waals surface area contributed by atoms with Crippen LogP contribution in [0.5, 0.6) is 17.2 Å². The van der Waals surface area contributed by atoms with Crippen molar-refractivity contribution in [2.75, 3.05) is 19.8 Å². The van der Waals surface area contributed by atoms with Crippen LogP contribution in [0.2, 0.25) is 0 Å². The zero-order valence-corrected chi connectivity index (χ0v) is 17.7. The number of urea groups is 1. The second kappa shape index (κ2) is 8.84. The van der Waals surface area contributed by atoms with E-state index in [4.69, 9.17) is 9.47 Å². The molecule has 1 saturated heterocycles. The van der Waals surface area contributed by atoms with Crippen LogP contribution in [0.15, 0.2) is 36.4 Å². The van der Waals surface area contributed by atoms with Crippen LogP contribution < -0.4 is 19.5 Å². The molecule has 6 nitrogen and oxygen atoms in total. The van der Waals surface area contributed by atoms with E-state index in [9.17, 15) is 13.6 Å². The first-order valence-corrected chi connectivity index (χ1v) is 11.1. The largest absolute Gasteiger partial charge is 0.486 e. The molecule has 32 heavy (non-hydrogen) atoms. The monoisotopic (exact) mass is 444 g/mol. The Balaban J connectivity index is 1.31. The highest BCUT2D eigenvalue weighted by atomic mass is 19.3. The van der Waals surface area contributed by atoms with E-state index in [1.807, 2.05) is 23.1 Å². The highest BCUT2D eigenvalue weighted by Crippen LogP contribution is 2.39. The Labute approximate surface area is 185 Å². The number of nitrogens with one attached hydrogen (secondary N) is 1. The first-order chi connectivity index (χ1) is 15.6. The minimum absolute atomic E-state index is 0.0179. The number of fused-ring (bicyclic) bond motifs is 2. The van der Waals surface area contributed by atoms with E-state index >= 15 is 0 Å². The third-order valence-electron chi connectivity index (χ3n) is 6.42. The van der Waals surface area contributed by atoms with Gasteiger partial charge < -0.3 is 24.4 Å². The minimum atomic E-state index is -2.85. The van der Waals surface area contributed by atoms with Crippen LogP contribution in [0.25, 0.3) is 0 Å². The molecule has 0 bridgehead atoms. The number of likely N-dealkylation sites (tertiary alicyclic amines) is 1. The second-order valence-corrected chi connectivity index (χ2v) is 8.39. The zero-order chi connectivity index (χ0) is 22.1. The van der Waals surface area contributed by atoms with Gasteiger partial charge in [0.15, 0.2) is 11.5 Å². The van der Waals surface area contributed by atoms with Crippen LogP contribution >= 0.6 is 0 Å². The summed E-state index contributed by atoms with van der Waals surface area (Å²) in [5, 5.41) is 3.18. The number of carbonyl (C=O) groups excluding carboxylic acids is 1. The van der Waals surface area contributed by atoms with Crippen molar-refractivity contribution < 1.29 is 27.8 Å². The summed E-state index contributed by atoms with van der Waals surface area (Å²) < 4.78 is 40.9. The van der Waals surface area contributed by atoms with Gasteiger partial charge in [-0.2, -0.15) is 8.78 Å². The average molecular weight is 444 g/mol. The Morgan fingerprint density at radius 1 is 1.06 bits per heavy atom. The Bertz CT molecular complexity index is 1000. The maximum absolute atomic E-state index is 13.2. The maximum atomic E-state index is 13.2. The molecule has 0 saturated carbocycles. The van der Waals surface area contributed by atoms with Crippen molar-refractivity contribution in [3.63, 3.8) is 0 Å². The van der Waals surface area contributed by atoms with Crippen LogP contribution in [0.4, 0.5) is 13.6 Å². The van der Waals surface area contributed by atoms with E-state index in [-0.39, 0.29) is 23.9 Å². The summed E-state index contributed by atoms with van der Waals surface area (Å²) in [4.78, 5) is 15.1. The lowest BCUT2D eigenvalue weighted by Crippen LogP contribution is -2.42. The first-order valence-electron chi connectivity index (χ1n) is 11.1. The van der Waals surface area contributed by atoms with Crippen LogP contribution in [-0.4, -0.2) is 37.3 Å². The predicted molar refractivity (Wildman–Crippen MR) is 113 cm³/mol. The number of ether oxygens (including phenoxy) is 3. The number of hydrogen-bond acceptors (Lipinski definition) is 4. The van der Waals surface area contributed by atoms with Crippen molar-refractivity contribution in [1.82, 2.24) is 10.2 Å². The standard InChI is InChI=1S/C24H26F2N2O4/c25-23(26)32-17-7-8-18-15(13-17)3-1-4-19(18)27-24(29)28-10-2-5-20(28)16-6-9-21-22(14-16)31-12-11-30-21/h6-9,13-14,19-20,23H,1-5,10-12H2,(H,27,29). The third kappa shape index (κ3) is 4.18. The fourth-order valence-electron chi connectivity index (χ4n) is 4.97. The fourth-order valence-corrected chi connectivity index (χ4v) is 4.97. The summed E-state index contributed by atoms with van der Waals surface area (Å²) in [5.74, 6) is 1.62. The topological polar surface area (TPSA) is 60.0 Å². The summed E-state index contributed by atoms with van der Waals surface area (Å²) in [6.45, 7) is -1.09. The van der Waals surface area contributed by atoms with Gasteiger partial charge in [0, 0.05) is 6.54 Å². The van der Waals surface area contributed by atoms with E-state index < -0.39 is 6.61 Å². The van der Waals surface area contributed by atoms with Gasteiger partial charge in [0.05, 0.1) is 12.1 Å². The van der Waals surface area contributed by atoms with Crippen molar-refractivity contribution in [3.8, 4) is 17.2 Å². The Morgan fingerprint density at radius 2 is 1.91 bits per heavy atom. The second-order valence-electron chi connectivity index (χ2n) is 8.39. The lowest BCUT2D eigenvalue weighted by Gasteiger charge is -2.31. The van der Waals surface area contributed by atoms with Crippen molar-refractivity contribution in [2.24, 2.45) is 0 Å². The lowest BCUT2D eigenvalue weighted by molar-refractivity contribution is -0.0499. The molecule has 170 valence electrons. The number of hydrogen-bond donors (Lipinski definition) is 1. The molecule has 0 aromatic heterocycles. The molecule has 1 aliphatic carbocycles. The third-order valence-corrected chi connectivity index (χ3v) is 6.42. The Hall–Kier alpha value is -3.03. The molecule has 8 heteroatoms. The van der Waals surface area contributed by atoms with Gasteiger partial charge in [0.2, 0.25) is 0 Å². The van der Waals surface area contributed by atoms with Crippen molar-refractivity contribution >= 4 is 6.03 Å². The molecule has 2 aromatic rings. The summed E-state index contributed by atoms with van der Waals surface area (Å²) in [5.41, 5.74) is 2.96. The molecule has 0 radical (unpaired) electrons. The van der Waals surface area contributed by atoms with Crippen LogP contribution in [-0.2, 0) is 6.42 Å². The summed E-state index contributed by atoms with van der Waals surface area (Å²) in [6.07, 6.45) is 4.30. The van der Waals surface area contributed by atoms with Gasteiger partial charge in [-0.15, -0.1) is 0 Å². The molecular formula is C24H26F2N2O4. The van der Waals surface area contributed by atoms with Gasteiger partial charge in [0.1, 0.15) is 19.0 Å². The molecule has 2 aromatic carbocycles. The van der Waals surface area contributed by atoms with Gasteiger partial charge in [0.25, 0.3) is 0 Å². The van der Waals surface area contributed by atoms with E-state index in [1.54, 1.807) is 18.2 Å². The van der Waals surface area contributed by atoms with E-state index in [0.717, 1.165) is 60.3 Å². The average Bonchev–Trinajstić information content (AvgIpc) is 3.28. The number of alkyl halides is 2. The molecule has 3 aliphatic rings. The van der Waals surface area contributed by atoms with Crippen LogP contribution in [0, 0.1) is 0 Å². The van der Waals surface area contributed by atoms with Crippen LogP contribution in [0.1, 0.15) is 54.5 Å². The quantitative estimate of drug-likeness (QED) is 0.722. The van der Waals surface area contributed by atoms with Crippen molar-refractivity contribution in [3.05, 3.63) is 53.1 Å². The zero-order valence-electron chi connectivity index (χ0n) is 17.7. The van der Waals surface area contributed by atoms with E-state index in [1.165, 1.54) is 0 Å². The highest BCUT2D eigenvalue weighted by molar-refractivity contribution is 5.76. The molecule has 2 heterocycles. The lowest BCUT2D eigenvalue weighted by atomic mass is 9.87. The maximum Gasteiger partial charge on any atom is 0.387 e. The van der Waals surface area contributed by atoms with E-state index in [0.29, 0.717) is 19.8 Å². The smallest absolute Gasteiger partial charge is 0.387 e. The van der Waals surface area contributed by atoms with Gasteiger partial charge in [-0.05, 0) is 73.1 Å². The fraction of sp³-hybridized carbons (Fsp3) is 0.458. The number of amides is 2.